The highest BCUT2D eigenvalue weighted by atomic mass is 79.9. The molecule has 1 aromatic rings. The summed E-state index contributed by atoms with van der Waals surface area (Å²) in [7, 11) is 1.17. The number of pyridine rings is 1. The molecule has 0 radical (unpaired) electrons. The van der Waals surface area contributed by atoms with Crippen molar-refractivity contribution >= 4 is 39.4 Å². The van der Waals surface area contributed by atoms with Gasteiger partial charge in [-0.2, -0.15) is 0 Å². The van der Waals surface area contributed by atoms with Crippen LogP contribution in [0.3, 0.4) is 0 Å². The fourth-order valence-electron chi connectivity index (χ4n) is 2.03. The number of hydrogen-bond donors (Lipinski definition) is 2. The average molecular weight is 388 g/mol. The van der Waals surface area contributed by atoms with E-state index in [4.69, 9.17) is 5.11 Å². The van der Waals surface area contributed by atoms with Crippen LogP contribution in [0.5, 0.6) is 0 Å². The van der Waals surface area contributed by atoms with Gasteiger partial charge in [-0.05, 0) is 28.4 Å². The minimum Gasteiger partial charge on any atom is -0.481 e. The van der Waals surface area contributed by atoms with Crippen LogP contribution in [0, 0.1) is 5.41 Å². The molecule has 8 nitrogen and oxygen atoms in total. The molecule has 0 spiro atoms. The predicted molar refractivity (Wildman–Crippen MR) is 80.1 cm³/mol. The number of carboxylic acids is 2. The van der Waals surface area contributed by atoms with Gasteiger partial charge in [0.05, 0.1) is 0 Å². The Morgan fingerprint density at radius 1 is 1.26 bits per heavy atom. The average Bonchev–Trinajstić information content (AvgIpc) is 2.47. The smallest absolute Gasteiger partial charge is 0.325 e. The number of ether oxygens (including phenoxy) is 1. The molecule has 0 aliphatic rings. The van der Waals surface area contributed by atoms with Crippen molar-refractivity contribution in [3.63, 3.8) is 0 Å². The Labute approximate surface area is 139 Å². The highest BCUT2D eigenvalue weighted by Gasteiger charge is 2.52. The number of carbonyl (C=O) groups excluding carboxylic acids is 2. The van der Waals surface area contributed by atoms with E-state index in [2.05, 4.69) is 25.7 Å². The number of aliphatic carboxylic acids is 2. The Balaban J connectivity index is 3.40. The van der Waals surface area contributed by atoms with Crippen LogP contribution in [0.2, 0.25) is 0 Å². The number of halogens is 1. The van der Waals surface area contributed by atoms with Gasteiger partial charge in [-0.1, -0.05) is 0 Å². The van der Waals surface area contributed by atoms with Crippen LogP contribution in [-0.4, -0.2) is 52.4 Å². The van der Waals surface area contributed by atoms with Crippen LogP contribution in [0.4, 0.5) is 0 Å². The molecule has 9 heteroatoms. The first-order chi connectivity index (χ1) is 10.8. The second-order valence-electron chi connectivity index (χ2n) is 4.68. The monoisotopic (exact) mass is 387 g/mol. The molecule has 1 aromatic heterocycles. The summed E-state index contributed by atoms with van der Waals surface area (Å²) in [4.78, 5) is 51.2. The lowest BCUT2D eigenvalue weighted by molar-refractivity contribution is -0.153. The van der Waals surface area contributed by atoms with Gasteiger partial charge in [0.1, 0.15) is 6.61 Å². The number of ketones is 2. The Morgan fingerprint density at radius 3 is 2.39 bits per heavy atom. The van der Waals surface area contributed by atoms with Crippen molar-refractivity contribution in [3.05, 3.63) is 28.5 Å². The van der Waals surface area contributed by atoms with E-state index in [0.717, 1.165) is 6.20 Å². The van der Waals surface area contributed by atoms with Crippen molar-refractivity contribution in [1.82, 2.24) is 4.98 Å². The second-order valence-corrected chi connectivity index (χ2v) is 5.60. The van der Waals surface area contributed by atoms with Crippen LogP contribution >= 0.6 is 15.9 Å². The maximum absolute atomic E-state index is 12.7. The Bertz CT molecular complexity index is 646. The van der Waals surface area contributed by atoms with Gasteiger partial charge >= 0.3 is 11.9 Å². The van der Waals surface area contributed by atoms with Crippen molar-refractivity contribution in [2.45, 2.75) is 12.8 Å². The Morgan fingerprint density at radius 2 is 1.91 bits per heavy atom. The van der Waals surface area contributed by atoms with Gasteiger partial charge in [-0.3, -0.25) is 24.2 Å². The summed E-state index contributed by atoms with van der Waals surface area (Å²) in [6, 6.07) is 1.31. The summed E-state index contributed by atoms with van der Waals surface area (Å²) in [5.41, 5.74) is -2.65. The number of Topliss-reactive ketones (excluding diaryl/α,β-unsaturated/α-hetero) is 2. The molecule has 0 bridgehead atoms. The predicted octanol–water partition coefficient (Wildman–Crippen LogP) is 1.18. The van der Waals surface area contributed by atoms with E-state index in [-0.39, 0.29) is 5.56 Å². The van der Waals surface area contributed by atoms with E-state index in [9.17, 15) is 24.3 Å². The molecule has 1 unspecified atom stereocenters. The number of nitrogens with zero attached hydrogens (tertiary/aromatic N) is 1. The van der Waals surface area contributed by atoms with Gasteiger partial charge in [0, 0.05) is 36.0 Å². The number of rotatable bonds is 9. The maximum Gasteiger partial charge on any atom is 0.325 e. The lowest BCUT2D eigenvalue weighted by Gasteiger charge is -2.25. The first-order valence-electron chi connectivity index (χ1n) is 6.38. The number of methoxy groups -OCH3 is 1. The molecule has 2 N–H and O–H groups in total. The molecule has 0 aliphatic heterocycles. The van der Waals surface area contributed by atoms with Crippen molar-refractivity contribution in [3.8, 4) is 0 Å². The van der Waals surface area contributed by atoms with E-state index in [1.807, 2.05) is 0 Å². The second kappa shape index (κ2) is 7.93. The number of carboxylic acid groups (broad SMARTS) is 2. The van der Waals surface area contributed by atoms with Crippen LogP contribution in [0.15, 0.2) is 22.9 Å². The largest absolute Gasteiger partial charge is 0.481 e. The van der Waals surface area contributed by atoms with E-state index < -0.39 is 48.4 Å². The Kier molecular flexibility index (Phi) is 6.52. The summed E-state index contributed by atoms with van der Waals surface area (Å²) in [5, 5.41) is 18.3. The van der Waals surface area contributed by atoms with Crippen molar-refractivity contribution in [2.24, 2.45) is 5.41 Å². The molecule has 0 aliphatic carbocycles. The van der Waals surface area contributed by atoms with Crippen LogP contribution in [0.1, 0.15) is 23.2 Å². The first kappa shape index (κ1) is 18.9. The van der Waals surface area contributed by atoms with Gasteiger partial charge in [0.25, 0.3) is 0 Å². The minimum atomic E-state index is -2.53. The van der Waals surface area contributed by atoms with E-state index in [1.165, 1.54) is 19.4 Å². The zero-order valence-corrected chi connectivity index (χ0v) is 13.7. The quantitative estimate of drug-likeness (QED) is 0.476. The molecule has 0 fully saturated rings. The summed E-state index contributed by atoms with van der Waals surface area (Å²) in [6.45, 7) is -0.626. The van der Waals surface area contributed by atoms with Gasteiger partial charge in [0.2, 0.25) is 0 Å². The summed E-state index contributed by atoms with van der Waals surface area (Å²) >= 11 is 3.10. The van der Waals surface area contributed by atoms with Gasteiger partial charge in [-0.25, -0.2) is 0 Å². The van der Waals surface area contributed by atoms with Crippen LogP contribution in [-0.2, 0) is 19.1 Å². The van der Waals surface area contributed by atoms with Crippen molar-refractivity contribution in [2.75, 3.05) is 13.7 Å². The van der Waals surface area contributed by atoms with Gasteiger partial charge < -0.3 is 14.9 Å². The van der Waals surface area contributed by atoms with E-state index in [1.54, 1.807) is 0 Å². The lowest BCUT2D eigenvalue weighted by atomic mass is 9.73. The molecule has 0 saturated heterocycles. The molecule has 23 heavy (non-hydrogen) atoms. The topological polar surface area (TPSA) is 131 Å². The van der Waals surface area contributed by atoms with Gasteiger partial charge in [0.15, 0.2) is 17.0 Å². The summed E-state index contributed by atoms with van der Waals surface area (Å²) < 4.78 is 5.06. The van der Waals surface area contributed by atoms with E-state index in [0.29, 0.717) is 4.47 Å². The standard InChI is InChI=1S/C14H14BrNO7/c1-23-7-10(17)14(13(21)22,3-2-11(18)19)12(20)8-4-9(15)6-16-5-8/h4-6H,2-3,7H2,1H3,(H,18,19)(H,21,22). The third-order valence-electron chi connectivity index (χ3n) is 3.19. The zero-order chi connectivity index (χ0) is 17.6. The molecular weight excluding hydrogens is 374 g/mol. The van der Waals surface area contributed by atoms with Gasteiger partial charge in [-0.15, -0.1) is 0 Å². The Hall–Kier alpha value is -2.13. The minimum absolute atomic E-state index is 0.114. The summed E-state index contributed by atoms with van der Waals surface area (Å²) in [5.74, 6) is -5.08. The third-order valence-corrected chi connectivity index (χ3v) is 3.62. The van der Waals surface area contributed by atoms with E-state index >= 15 is 0 Å². The highest BCUT2D eigenvalue weighted by molar-refractivity contribution is 9.10. The number of carbonyl (C=O) groups is 4. The third kappa shape index (κ3) is 4.20. The van der Waals surface area contributed by atoms with Crippen LogP contribution in [0.25, 0.3) is 0 Å². The number of hydrogen-bond acceptors (Lipinski definition) is 6. The lowest BCUT2D eigenvalue weighted by Crippen LogP contribution is -2.48. The molecule has 1 heterocycles. The fraction of sp³-hybridized carbons (Fsp3) is 0.357. The van der Waals surface area contributed by atoms with Crippen LogP contribution < -0.4 is 0 Å². The number of aromatic nitrogens is 1. The van der Waals surface area contributed by atoms with Crippen molar-refractivity contribution < 1.29 is 34.1 Å². The molecule has 124 valence electrons. The molecule has 0 aromatic carbocycles. The normalized spacial score (nSPS) is 13.1. The van der Waals surface area contributed by atoms with Crippen molar-refractivity contribution in [1.29, 1.82) is 0 Å². The molecule has 1 atom stereocenters. The zero-order valence-electron chi connectivity index (χ0n) is 12.1. The fourth-order valence-corrected chi connectivity index (χ4v) is 2.40. The summed E-state index contributed by atoms with van der Waals surface area (Å²) in [6.07, 6.45) is 1.17. The SMILES string of the molecule is COCC(=O)C(CCC(=O)O)(C(=O)O)C(=O)c1cncc(Br)c1. The molecule has 1 rings (SSSR count). The molecular formula is C14H14BrNO7. The maximum atomic E-state index is 12.7. The molecule has 0 amide bonds. The first-order valence-corrected chi connectivity index (χ1v) is 7.17. The molecule has 0 saturated carbocycles. The highest BCUT2D eigenvalue weighted by Crippen LogP contribution is 2.31.